The summed E-state index contributed by atoms with van der Waals surface area (Å²) < 4.78 is 10.1. The predicted octanol–water partition coefficient (Wildman–Crippen LogP) is 2.10. The van der Waals surface area contributed by atoms with Gasteiger partial charge in [0.05, 0.1) is 6.61 Å². The first kappa shape index (κ1) is 11.2. The zero-order valence-corrected chi connectivity index (χ0v) is 9.34. The van der Waals surface area contributed by atoms with Crippen molar-refractivity contribution in [2.24, 2.45) is 0 Å². The molecule has 0 spiro atoms. The molecule has 0 fully saturated rings. The average molecular weight is 232 g/mol. The van der Waals surface area contributed by atoms with E-state index in [-0.39, 0.29) is 18.3 Å². The molecule has 0 aliphatic rings. The van der Waals surface area contributed by atoms with E-state index in [4.69, 9.17) is 14.9 Å². The third kappa shape index (κ3) is 2.28. The summed E-state index contributed by atoms with van der Waals surface area (Å²) in [5, 5.41) is 0. The minimum atomic E-state index is -0.535. The Labute approximate surface area is 98.2 Å². The van der Waals surface area contributed by atoms with Crippen molar-refractivity contribution in [3.8, 4) is 11.3 Å². The number of aromatic nitrogens is 1. The molecule has 5 nitrogen and oxygen atoms in total. The molecule has 0 aliphatic carbocycles. The average Bonchev–Trinajstić information content (AvgIpc) is 2.73. The first-order valence-electron chi connectivity index (χ1n) is 5.21. The Balaban J connectivity index is 2.44. The van der Waals surface area contributed by atoms with Gasteiger partial charge in [-0.1, -0.05) is 30.3 Å². The fourth-order valence-corrected chi connectivity index (χ4v) is 1.46. The third-order valence-corrected chi connectivity index (χ3v) is 2.15. The van der Waals surface area contributed by atoms with Crippen LogP contribution in [0, 0.1) is 0 Å². The van der Waals surface area contributed by atoms with Gasteiger partial charge in [0, 0.05) is 5.56 Å². The van der Waals surface area contributed by atoms with Crippen LogP contribution in [0.2, 0.25) is 0 Å². The number of esters is 1. The van der Waals surface area contributed by atoms with Gasteiger partial charge >= 0.3 is 5.97 Å². The Morgan fingerprint density at radius 1 is 1.41 bits per heavy atom. The van der Waals surface area contributed by atoms with Crippen molar-refractivity contribution in [2.45, 2.75) is 6.92 Å². The number of benzene rings is 1. The largest absolute Gasteiger partial charge is 0.461 e. The maximum absolute atomic E-state index is 11.7. The predicted molar refractivity (Wildman–Crippen MR) is 62.3 cm³/mol. The Morgan fingerprint density at radius 3 is 2.76 bits per heavy atom. The zero-order valence-electron chi connectivity index (χ0n) is 9.34. The number of nitrogen functional groups attached to an aromatic ring is 1. The van der Waals surface area contributed by atoms with E-state index in [1.807, 2.05) is 30.3 Å². The number of carbonyl (C=O) groups is 1. The van der Waals surface area contributed by atoms with E-state index in [1.165, 1.54) is 0 Å². The van der Waals surface area contributed by atoms with Crippen molar-refractivity contribution in [1.82, 2.24) is 4.98 Å². The summed E-state index contributed by atoms with van der Waals surface area (Å²) in [6, 6.07) is 9.11. The number of carbonyl (C=O) groups excluding carboxylic acids is 1. The second-order valence-electron chi connectivity index (χ2n) is 3.32. The van der Waals surface area contributed by atoms with Crippen LogP contribution in [-0.4, -0.2) is 17.6 Å². The summed E-state index contributed by atoms with van der Waals surface area (Å²) in [4.78, 5) is 15.5. The first-order valence-corrected chi connectivity index (χ1v) is 5.21. The fraction of sp³-hybridized carbons (Fsp3) is 0.167. The van der Waals surface area contributed by atoms with Crippen LogP contribution in [0.3, 0.4) is 0 Å². The van der Waals surface area contributed by atoms with Crippen molar-refractivity contribution >= 4 is 12.0 Å². The normalized spacial score (nSPS) is 10.2. The molecule has 1 aromatic heterocycles. The van der Waals surface area contributed by atoms with Gasteiger partial charge in [-0.15, -0.1) is 0 Å². The second-order valence-corrected chi connectivity index (χ2v) is 3.32. The summed E-state index contributed by atoms with van der Waals surface area (Å²) in [7, 11) is 0. The molecule has 2 aromatic rings. The summed E-state index contributed by atoms with van der Waals surface area (Å²) in [5.41, 5.74) is 6.31. The lowest BCUT2D eigenvalue weighted by Gasteiger charge is -2.00. The van der Waals surface area contributed by atoms with Crippen LogP contribution in [0.5, 0.6) is 0 Å². The van der Waals surface area contributed by atoms with Crippen LogP contribution in [0.1, 0.15) is 17.4 Å². The van der Waals surface area contributed by atoms with Gasteiger partial charge in [0.1, 0.15) is 0 Å². The molecule has 0 saturated carbocycles. The number of hydrogen-bond acceptors (Lipinski definition) is 5. The van der Waals surface area contributed by atoms with Gasteiger partial charge in [0.15, 0.2) is 11.5 Å². The molecule has 88 valence electrons. The number of nitrogens with two attached hydrogens (primary N) is 1. The maximum atomic E-state index is 11.7. The van der Waals surface area contributed by atoms with Crippen molar-refractivity contribution in [1.29, 1.82) is 0 Å². The van der Waals surface area contributed by atoms with Gasteiger partial charge in [-0.3, -0.25) is 0 Å². The fourth-order valence-electron chi connectivity index (χ4n) is 1.46. The molecule has 0 saturated heterocycles. The molecule has 5 heteroatoms. The topological polar surface area (TPSA) is 78.3 Å². The number of ether oxygens (including phenoxy) is 1. The highest BCUT2D eigenvalue weighted by atomic mass is 16.5. The number of anilines is 1. The van der Waals surface area contributed by atoms with Crippen LogP contribution < -0.4 is 5.73 Å². The Kier molecular flexibility index (Phi) is 3.09. The van der Waals surface area contributed by atoms with E-state index in [9.17, 15) is 4.79 Å². The minimum Gasteiger partial charge on any atom is -0.461 e. The monoisotopic (exact) mass is 232 g/mol. The van der Waals surface area contributed by atoms with E-state index >= 15 is 0 Å². The summed E-state index contributed by atoms with van der Waals surface area (Å²) in [6.07, 6.45) is 0. The quantitative estimate of drug-likeness (QED) is 0.820. The molecule has 17 heavy (non-hydrogen) atoms. The molecular weight excluding hydrogens is 220 g/mol. The highest BCUT2D eigenvalue weighted by Gasteiger charge is 2.21. The molecule has 0 unspecified atom stereocenters. The van der Waals surface area contributed by atoms with Gasteiger partial charge in [0.25, 0.3) is 6.01 Å². The molecule has 0 amide bonds. The van der Waals surface area contributed by atoms with E-state index in [0.29, 0.717) is 5.76 Å². The highest BCUT2D eigenvalue weighted by molar-refractivity contribution is 5.94. The Hall–Kier alpha value is -2.30. The first-order chi connectivity index (χ1) is 8.22. The molecule has 1 heterocycles. The lowest BCUT2D eigenvalue weighted by molar-refractivity contribution is 0.0520. The van der Waals surface area contributed by atoms with Crippen molar-refractivity contribution < 1.29 is 13.9 Å². The van der Waals surface area contributed by atoms with Gasteiger partial charge in [-0.25, -0.2) is 4.79 Å². The van der Waals surface area contributed by atoms with Crippen LogP contribution in [0.4, 0.5) is 6.01 Å². The summed E-state index contributed by atoms with van der Waals surface area (Å²) in [5.74, 6) is -0.201. The number of oxazole rings is 1. The molecular formula is C12H12N2O3. The maximum Gasteiger partial charge on any atom is 0.361 e. The number of hydrogen-bond donors (Lipinski definition) is 1. The summed E-state index contributed by atoms with van der Waals surface area (Å²) in [6.45, 7) is 2.00. The SMILES string of the molecule is CCOC(=O)c1nc(N)oc1-c1ccccc1. The van der Waals surface area contributed by atoms with Crippen LogP contribution >= 0.6 is 0 Å². The molecule has 0 bridgehead atoms. The van der Waals surface area contributed by atoms with Gasteiger partial charge in [0.2, 0.25) is 0 Å². The Morgan fingerprint density at radius 2 is 2.12 bits per heavy atom. The van der Waals surface area contributed by atoms with Crippen molar-refractivity contribution in [3.63, 3.8) is 0 Å². The zero-order chi connectivity index (χ0) is 12.3. The minimum absolute atomic E-state index is 0.0492. The van der Waals surface area contributed by atoms with Gasteiger partial charge < -0.3 is 14.9 Å². The molecule has 2 N–H and O–H groups in total. The smallest absolute Gasteiger partial charge is 0.361 e. The Bertz CT molecular complexity index is 520. The van der Waals surface area contributed by atoms with Crippen molar-refractivity contribution in [3.05, 3.63) is 36.0 Å². The number of nitrogens with zero attached hydrogens (tertiary/aromatic N) is 1. The van der Waals surface area contributed by atoms with Crippen LogP contribution in [0.25, 0.3) is 11.3 Å². The van der Waals surface area contributed by atoms with E-state index in [2.05, 4.69) is 4.98 Å². The second kappa shape index (κ2) is 4.69. The van der Waals surface area contributed by atoms with E-state index in [1.54, 1.807) is 6.92 Å². The highest BCUT2D eigenvalue weighted by Crippen LogP contribution is 2.26. The molecule has 2 rings (SSSR count). The third-order valence-electron chi connectivity index (χ3n) is 2.15. The van der Waals surface area contributed by atoms with Crippen LogP contribution in [-0.2, 0) is 4.74 Å². The van der Waals surface area contributed by atoms with Gasteiger partial charge in [-0.05, 0) is 6.92 Å². The van der Waals surface area contributed by atoms with E-state index < -0.39 is 5.97 Å². The van der Waals surface area contributed by atoms with Crippen LogP contribution in [0.15, 0.2) is 34.7 Å². The molecule has 0 atom stereocenters. The lowest BCUT2D eigenvalue weighted by atomic mass is 10.1. The van der Waals surface area contributed by atoms with Gasteiger partial charge in [-0.2, -0.15) is 4.98 Å². The molecule has 1 aromatic carbocycles. The number of rotatable bonds is 3. The molecule has 0 radical (unpaired) electrons. The van der Waals surface area contributed by atoms with E-state index in [0.717, 1.165) is 5.56 Å². The standard InChI is InChI=1S/C12H12N2O3/c1-2-16-11(15)9-10(17-12(13)14-9)8-6-4-3-5-7-8/h3-7H,2H2,1H3,(H2,13,14). The molecule has 0 aliphatic heterocycles. The lowest BCUT2D eigenvalue weighted by Crippen LogP contribution is -2.06. The summed E-state index contributed by atoms with van der Waals surface area (Å²) >= 11 is 0. The van der Waals surface area contributed by atoms with Crippen molar-refractivity contribution in [2.75, 3.05) is 12.3 Å².